The molecule has 2 aromatic rings. The molecular weight excluding hydrogens is 256 g/mol. The Balaban J connectivity index is 1.92. The highest BCUT2D eigenvalue weighted by atomic mass is 32.1. The number of rotatable bonds is 4. The second-order valence-corrected chi connectivity index (χ2v) is 5.61. The van der Waals surface area contributed by atoms with Crippen molar-refractivity contribution in [3.8, 4) is 0 Å². The summed E-state index contributed by atoms with van der Waals surface area (Å²) in [6, 6.07) is 4.10. The number of nitrogens with two attached hydrogens (primary N) is 1. The van der Waals surface area contributed by atoms with Crippen molar-refractivity contribution in [3.63, 3.8) is 0 Å². The van der Waals surface area contributed by atoms with E-state index in [0.29, 0.717) is 16.7 Å². The fraction of sp³-hybridized carbons (Fsp3) is 0.300. The lowest BCUT2D eigenvalue weighted by Gasteiger charge is -1.99. The second kappa shape index (κ2) is 5.24. The third kappa shape index (κ3) is 3.01. The number of aryl methyl sites for hydroxylation is 1. The number of nitrogens with one attached hydrogen (secondary N) is 1. The van der Waals surface area contributed by atoms with E-state index >= 15 is 0 Å². The van der Waals surface area contributed by atoms with Crippen LogP contribution in [0.1, 0.15) is 26.5 Å². The van der Waals surface area contributed by atoms with Crippen molar-refractivity contribution >= 4 is 33.7 Å². The summed E-state index contributed by atoms with van der Waals surface area (Å²) >= 11 is 2.79. The molecule has 0 spiro atoms. The first kappa shape index (κ1) is 12.0. The molecule has 90 valence electrons. The number of nitrogens with zero attached hydrogens (tertiary/aromatic N) is 2. The number of hydrogen-bond donors (Lipinski definition) is 2. The van der Waals surface area contributed by atoms with E-state index < -0.39 is 0 Å². The van der Waals surface area contributed by atoms with Crippen molar-refractivity contribution in [1.29, 1.82) is 0 Å². The molecule has 0 aliphatic heterocycles. The van der Waals surface area contributed by atoms with Crippen LogP contribution in [0.2, 0.25) is 0 Å². The molecule has 0 bridgehead atoms. The van der Waals surface area contributed by atoms with Gasteiger partial charge in [0, 0.05) is 9.75 Å². The van der Waals surface area contributed by atoms with Crippen molar-refractivity contribution < 1.29 is 4.79 Å². The molecule has 0 radical (unpaired) electrons. The summed E-state index contributed by atoms with van der Waals surface area (Å²) in [4.78, 5) is 14.1. The molecular formula is C10H12N4OS2. The van der Waals surface area contributed by atoms with Crippen LogP contribution in [0.3, 0.4) is 0 Å². The summed E-state index contributed by atoms with van der Waals surface area (Å²) in [5, 5.41) is 10.7. The number of thiophene rings is 1. The molecule has 0 aliphatic carbocycles. The molecule has 2 rings (SSSR count). The van der Waals surface area contributed by atoms with Crippen LogP contribution in [0, 0.1) is 0 Å². The Hall–Kier alpha value is -1.47. The van der Waals surface area contributed by atoms with Crippen LogP contribution in [0.5, 0.6) is 0 Å². The SMILES string of the molecule is CCc1ccc(CNC(=O)c2nnc(N)s2)s1. The van der Waals surface area contributed by atoms with E-state index in [1.54, 1.807) is 11.3 Å². The number of aromatic nitrogens is 2. The minimum Gasteiger partial charge on any atom is -0.374 e. The minimum absolute atomic E-state index is 0.231. The number of hydrogen-bond acceptors (Lipinski definition) is 6. The Labute approximate surface area is 107 Å². The summed E-state index contributed by atoms with van der Waals surface area (Å²) in [5.41, 5.74) is 5.41. The lowest BCUT2D eigenvalue weighted by atomic mass is 10.3. The molecule has 17 heavy (non-hydrogen) atoms. The summed E-state index contributed by atoms with van der Waals surface area (Å²) in [7, 11) is 0. The number of carbonyl (C=O) groups excluding carboxylic acids is 1. The highest BCUT2D eigenvalue weighted by Gasteiger charge is 2.11. The fourth-order valence-electron chi connectivity index (χ4n) is 1.28. The van der Waals surface area contributed by atoms with Gasteiger partial charge in [0.25, 0.3) is 5.91 Å². The van der Waals surface area contributed by atoms with E-state index in [4.69, 9.17) is 5.73 Å². The van der Waals surface area contributed by atoms with Gasteiger partial charge in [-0.15, -0.1) is 21.5 Å². The zero-order valence-electron chi connectivity index (χ0n) is 9.27. The maximum Gasteiger partial charge on any atom is 0.282 e. The maximum absolute atomic E-state index is 11.7. The topological polar surface area (TPSA) is 80.9 Å². The molecule has 5 nitrogen and oxygen atoms in total. The Morgan fingerprint density at radius 3 is 2.71 bits per heavy atom. The number of anilines is 1. The van der Waals surface area contributed by atoms with Gasteiger partial charge in [-0.2, -0.15) is 0 Å². The van der Waals surface area contributed by atoms with Gasteiger partial charge in [0.15, 0.2) is 0 Å². The van der Waals surface area contributed by atoms with Crippen molar-refractivity contribution in [2.24, 2.45) is 0 Å². The van der Waals surface area contributed by atoms with Gasteiger partial charge in [0.1, 0.15) is 0 Å². The number of amides is 1. The summed E-state index contributed by atoms with van der Waals surface area (Å²) in [6.07, 6.45) is 1.02. The van der Waals surface area contributed by atoms with Crippen molar-refractivity contribution in [2.45, 2.75) is 19.9 Å². The Bertz CT molecular complexity index is 520. The average Bonchev–Trinajstić information content (AvgIpc) is 2.94. The van der Waals surface area contributed by atoms with Crippen molar-refractivity contribution in [3.05, 3.63) is 26.9 Å². The number of carbonyl (C=O) groups is 1. The summed E-state index contributed by atoms with van der Waals surface area (Å²) < 4.78 is 0. The molecule has 0 saturated carbocycles. The molecule has 2 heterocycles. The van der Waals surface area contributed by atoms with Gasteiger partial charge in [-0.05, 0) is 18.6 Å². The highest BCUT2D eigenvalue weighted by molar-refractivity contribution is 7.16. The Morgan fingerprint density at radius 2 is 2.12 bits per heavy atom. The first-order valence-corrected chi connectivity index (χ1v) is 6.77. The molecule has 0 fully saturated rings. The van der Waals surface area contributed by atoms with Gasteiger partial charge in [-0.1, -0.05) is 18.3 Å². The molecule has 0 aliphatic rings. The maximum atomic E-state index is 11.7. The number of nitrogen functional groups attached to an aromatic ring is 1. The predicted octanol–water partition coefficient (Wildman–Crippen LogP) is 1.67. The van der Waals surface area contributed by atoms with E-state index in [1.165, 1.54) is 4.88 Å². The quantitative estimate of drug-likeness (QED) is 0.884. The van der Waals surface area contributed by atoms with Crippen molar-refractivity contribution in [2.75, 3.05) is 5.73 Å². The zero-order chi connectivity index (χ0) is 12.3. The Kier molecular flexibility index (Phi) is 3.70. The first-order valence-electron chi connectivity index (χ1n) is 5.13. The van der Waals surface area contributed by atoms with Gasteiger partial charge in [-0.3, -0.25) is 4.79 Å². The lowest BCUT2D eigenvalue weighted by Crippen LogP contribution is -2.22. The molecule has 7 heteroatoms. The monoisotopic (exact) mass is 268 g/mol. The van der Waals surface area contributed by atoms with Crippen LogP contribution in [-0.2, 0) is 13.0 Å². The molecule has 0 saturated heterocycles. The van der Waals surface area contributed by atoms with Gasteiger partial charge in [-0.25, -0.2) is 0 Å². The Morgan fingerprint density at radius 1 is 1.35 bits per heavy atom. The van der Waals surface area contributed by atoms with Crippen LogP contribution < -0.4 is 11.1 Å². The van der Waals surface area contributed by atoms with Crippen LogP contribution in [0.4, 0.5) is 5.13 Å². The van der Waals surface area contributed by atoms with Gasteiger partial charge >= 0.3 is 0 Å². The fourth-order valence-corrected chi connectivity index (χ4v) is 2.70. The molecule has 0 atom stereocenters. The van der Waals surface area contributed by atoms with E-state index in [2.05, 4.69) is 28.5 Å². The average molecular weight is 268 g/mol. The molecule has 1 amide bonds. The minimum atomic E-state index is -0.231. The normalized spacial score (nSPS) is 10.4. The van der Waals surface area contributed by atoms with Gasteiger partial charge < -0.3 is 11.1 Å². The van der Waals surface area contributed by atoms with E-state index in [0.717, 1.165) is 22.6 Å². The van der Waals surface area contributed by atoms with Crippen LogP contribution >= 0.6 is 22.7 Å². The predicted molar refractivity (Wildman–Crippen MR) is 69.2 cm³/mol. The summed E-state index contributed by atoms with van der Waals surface area (Å²) in [5.74, 6) is -0.231. The van der Waals surface area contributed by atoms with E-state index in [-0.39, 0.29) is 5.91 Å². The second-order valence-electron chi connectivity index (χ2n) is 3.35. The van der Waals surface area contributed by atoms with Crippen LogP contribution in [0.15, 0.2) is 12.1 Å². The highest BCUT2D eigenvalue weighted by Crippen LogP contribution is 2.17. The van der Waals surface area contributed by atoms with E-state index in [1.807, 2.05) is 6.07 Å². The van der Waals surface area contributed by atoms with Crippen molar-refractivity contribution in [1.82, 2.24) is 15.5 Å². The molecule has 3 N–H and O–H groups in total. The lowest BCUT2D eigenvalue weighted by molar-refractivity contribution is 0.0950. The smallest absolute Gasteiger partial charge is 0.282 e. The van der Waals surface area contributed by atoms with Gasteiger partial charge in [0.2, 0.25) is 10.1 Å². The molecule has 0 unspecified atom stereocenters. The summed E-state index contributed by atoms with van der Waals surface area (Å²) in [6.45, 7) is 2.63. The van der Waals surface area contributed by atoms with Crippen LogP contribution in [0.25, 0.3) is 0 Å². The zero-order valence-corrected chi connectivity index (χ0v) is 10.9. The third-order valence-electron chi connectivity index (χ3n) is 2.12. The molecule has 0 aromatic carbocycles. The standard InChI is InChI=1S/C10H12N4OS2/c1-2-6-3-4-7(16-6)5-12-8(15)9-13-14-10(11)17-9/h3-4H,2,5H2,1H3,(H2,11,14)(H,12,15). The van der Waals surface area contributed by atoms with Crippen LogP contribution in [-0.4, -0.2) is 16.1 Å². The largest absolute Gasteiger partial charge is 0.374 e. The van der Waals surface area contributed by atoms with Gasteiger partial charge in [0.05, 0.1) is 6.54 Å². The first-order chi connectivity index (χ1) is 8.19. The third-order valence-corrected chi connectivity index (χ3v) is 4.10. The molecule has 2 aromatic heterocycles. The van der Waals surface area contributed by atoms with E-state index in [9.17, 15) is 4.79 Å².